The summed E-state index contributed by atoms with van der Waals surface area (Å²) < 4.78 is 19.0. The van der Waals surface area contributed by atoms with E-state index in [0.717, 1.165) is 19.4 Å². The molecule has 0 aromatic rings. The second kappa shape index (κ2) is 3.41. The molecular weight excluding hydrogens is 167 g/mol. The largest absolute Gasteiger partial charge is 0.377 e. The maximum Gasteiger partial charge on any atom is 0.0992 e. The molecule has 0 N–H and O–H groups in total. The van der Waals surface area contributed by atoms with Gasteiger partial charge >= 0.3 is 0 Å². The molecule has 74 valence electrons. The predicted octanol–water partition coefficient (Wildman–Crippen LogP) is 2.92. The second-order valence-electron chi connectivity index (χ2n) is 4.56. The van der Waals surface area contributed by atoms with Crippen LogP contribution in [0.3, 0.4) is 0 Å². The number of rotatable bonds is 0. The molecule has 1 heterocycles. The number of fused-ring (bicyclic) bond motifs is 1. The Hall–Kier alpha value is -0.370. The molecule has 13 heavy (non-hydrogen) atoms. The van der Waals surface area contributed by atoms with Crippen molar-refractivity contribution in [3.63, 3.8) is 0 Å². The van der Waals surface area contributed by atoms with Gasteiger partial charge in [-0.25, -0.2) is 4.39 Å². The van der Waals surface area contributed by atoms with Gasteiger partial charge < -0.3 is 4.74 Å². The molecule has 1 nitrogen and oxygen atoms in total. The Labute approximate surface area is 79.0 Å². The van der Waals surface area contributed by atoms with Crippen molar-refractivity contribution in [3.05, 3.63) is 11.9 Å². The maximum absolute atomic E-state index is 13.3. The molecule has 0 aromatic carbocycles. The van der Waals surface area contributed by atoms with Gasteiger partial charge in [-0.3, -0.25) is 0 Å². The van der Waals surface area contributed by atoms with Gasteiger partial charge in [-0.15, -0.1) is 0 Å². The molecule has 1 aliphatic carbocycles. The monoisotopic (exact) mass is 184 g/mol. The summed E-state index contributed by atoms with van der Waals surface area (Å²) in [6, 6.07) is 0. The van der Waals surface area contributed by atoms with E-state index in [1.165, 1.54) is 0 Å². The minimum Gasteiger partial charge on any atom is -0.377 e. The molecule has 2 heteroatoms. The van der Waals surface area contributed by atoms with Gasteiger partial charge in [-0.2, -0.15) is 0 Å². The molecule has 2 rings (SSSR count). The lowest BCUT2D eigenvalue weighted by atomic mass is 9.79. The van der Waals surface area contributed by atoms with Crippen LogP contribution in [-0.2, 0) is 4.74 Å². The van der Waals surface area contributed by atoms with Gasteiger partial charge in [0.25, 0.3) is 0 Å². The van der Waals surface area contributed by atoms with Crippen molar-refractivity contribution in [2.24, 2.45) is 17.8 Å². The third kappa shape index (κ3) is 1.78. The predicted molar refractivity (Wildman–Crippen MR) is 50.0 cm³/mol. The third-order valence-electron chi connectivity index (χ3n) is 3.18. The Morgan fingerprint density at radius 3 is 2.92 bits per heavy atom. The van der Waals surface area contributed by atoms with Crippen LogP contribution in [0.5, 0.6) is 0 Å². The van der Waals surface area contributed by atoms with Crippen LogP contribution in [-0.4, -0.2) is 12.7 Å². The fourth-order valence-corrected chi connectivity index (χ4v) is 2.34. The second-order valence-corrected chi connectivity index (χ2v) is 4.56. The number of hydrogen-bond donors (Lipinski definition) is 0. The van der Waals surface area contributed by atoms with Crippen molar-refractivity contribution in [3.8, 4) is 0 Å². The minimum absolute atomic E-state index is 0.0645. The highest BCUT2D eigenvalue weighted by Gasteiger charge is 2.34. The van der Waals surface area contributed by atoms with Crippen LogP contribution >= 0.6 is 0 Å². The topological polar surface area (TPSA) is 9.23 Å². The Bertz CT molecular complexity index is 224. The lowest BCUT2D eigenvalue weighted by Crippen LogP contribution is -2.36. The average Bonchev–Trinajstić information content (AvgIpc) is 2.08. The van der Waals surface area contributed by atoms with E-state index in [1.54, 1.807) is 6.08 Å². The van der Waals surface area contributed by atoms with Crippen molar-refractivity contribution >= 4 is 0 Å². The summed E-state index contributed by atoms with van der Waals surface area (Å²) in [5.41, 5.74) is 0. The fourth-order valence-electron chi connectivity index (χ4n) is 2.34. The molecule has 4 unspecified atom stereocenters. The zero-order chi connectivity index (χ0) is 9.42. The van der Waals surface area contributed by atoms with Gasteiger partial charge in [0.05, 0.1) is 11.9 Å². The molecule has 0 aromatic heterocycles. The minimum atomic E-state index is 0.0645. The Kier molecular flexibility index (Phi) is 2.41. The van der Waals surface area contributed by atoms with E-state index in [2.05, 4.69) is 6.92 Å². The highest BCUT2D eigenvalue weighted by atomic mass is 19.1. The Morgan fingerprint density at radius 1 is 1.38 bits per heavy atom. The Balaban J connectivity index is 2.11. The van der Waals surface area contributed by atoms with Crippen LogP contribution in [0.1, 0.15) is 26.7 Å². The summed E-state index contributed by atoms with van der Waals surface area (Å²) in [6.45, 7) is 4.95. The standard InChI is InChI=1S/C11H17FO/c1-7-3-9-5-10(12)8(2)4-11(9)13-6-7/h5,7-9,11H,3-4,6H2,1-2H3. The third-order valence-corrected chi connectivity index (χ3v) is 3.18. The lowest BCUT2D eigenvalue weighted by Gasteiger charge is -2.37. The molecular formula is C11H17FO. The first-order chi connectivity index (χ1) is 6.16. The van der Waals surface area contributed by atoms with E-state index in [0.29, 0.717) is 11.8 Å². The van der Waals surface area contributed by atoms with Gasteiger partial charge in [0.2, 0.25) is 0 Å². The summed E-state index contributed by atoms with van der Waals surface area (Å²) >= 11 is 0. The molecule has 1 saturated heterocycles. The zero-order valence-corrected chi connectivity index (χ0v) is 8.29. The van der Waals surface area contributed by atoms with E-state index in [1.807, 2.05) is 6.92 Å². The van der Waals surface area contributed by atoms with E-state index in [4.69, 9.17) is 4.74 Å². The summed E-state index contributed by atoms with van der Waals surface area (Å²) in [5.74, 6) is 1.05. The van der Waals surface area contributed by atoms with Crippen molar-refractivity contribution in [2.45, 2.75) is 32.8 Å². The first kappa shape index (κ1) is 9.20. The number of hydrogen-bond acceptors (Lipinski definition) is 1. The maximum atomic E-state index is 13.3. The van der Waals surface area contributed by atoms with Gasteiger partial charge in [0.1, 0.15) is 0 Å². The molecule has 0 spiro atoms. The van der Waals surface area contributed by atoms with Crippen LogP contribution in [0.25, 0.3) is 0 Å². The van der Waals surface area contributed by atoms with Crippen LogP contribution in [0, 0.1) is 17.8 Å². The zero-order valence-electron chi connectivity index (χ0n) is 8.29. The van der Waals surface area contributed by atoms with Crippen LogP contribution in [0.2, 0.25) is 0 Å². The molecule has 1 fully saturated rings. The van der Waals surface area contributed by atoms with Crippen LogP contribution in [0.15, 0.2) is 11.9 Å². The highest BCUT2D eigenvalue weighted by Crippen LogP contribution is 2.37. The molecule has 0 radical (unpaired) electrons. The quantitative estimate of drug-likeness (QED) is 0.562. The fraction of sp³-hybridized carbons (Fsp3) is 0.818. The van der Waals surface area contributed by atoms with Crippen molar-refractivity contribution < 1.29 is 9.13 Å². The van der Waals surface area contributed by atoms with E-state index < -0.39 is 0 Å². The van der Waals surface area contributed by atoms with Gasteiger partial charge in [-0.05, 0) is 24.8 Å². The van der Waals surface area contributed by atoms with E-state index >= 15 is 0 Å². The first-order valence-corrected chi connectivity index (χ1v) is 5.15. The summed E-state index contributed by atoms with van der Waals surface area (Å²) in [6.07, 6.45) is 4.02. The van der Waals surface area contributed by atoms with Gasteiger partial charge in [-0.1, -0.05) is 13.8 Å². The first-order valence-electron chi connectivity index (χ1n) is 5.15. The molecule has 2 aliphatic rings. The summed E-state index contributed by atoms with van der Waals surface area (Å²) in [5, 5.41) is 0. The van der Waals surface area contributed by atoms with Crippen molar-refractivity contribution in [2.75, 3.05) is 6.61 Å². The van der Waals surface area contributed by atoms with E-state index in [9.17, 15) is 4.39 Å². The highest BCUT2D eigenvalue weighted by molar-refractivity contribution is 5.08. The Morgan fingerprint density at radius 2 is 2.15 bits per heavy atom. The van der Waals surface area contributed by atoms with Crippen molar-refractivity contribution in [1.29, 1.82) is 0 Å². The number of halogens is 1. The smallest absolute Gasteiger partial charge is 0.0992 e. The number of ether oxygens (including phenoxy) is 1. The summed E-state index contributed by atoms with van der Waals surface area (Å²) in [4.78, 5) is 0. The molecule has 4 atom stereocenters. The average molecular weight is 184 g/mol. The van der Waals surface area contributed by atoms with Crippen LogP contribution < -0.4 is 0 Å². The van der Waals surface area contributed by atoms with Gasteiger partial charge in [0.15, 0.2) is 0 Å². The SMILES string of the molecule is CC1COC2CC(C)C(F)=CC2C1. The number of allylic oxidation sites excluding steroid dienone is 1. The van der Waals surface area contributed by atoms with Gasteiger partial charge in [0, 0.05) is 18.4 Å². The summed E-state index contributed by atoms with van der Waals surface area (Å²) in [7, 11) is 0. The lowest BCUT2D eigenvalue weighted by molar-refractivity contribution is -0.0529. The van der Waals surface area contributed by atoms with Crippen LogP contribution in [0.4, 0.5) is 4.39 Å². The molecule has 0 amide bonds. The molecule has 0 saturated carbocycles. The molecule has 1 aliphatic heterocycles. The van der Waals surface area contributed by atoms with Crippen molar-refractivity contribution in [1.82, 2.24) is 0 Å². The van der Waals surface area contributed by atoms with E-state index in [-0.39, 0.29) is 17.8 Å². The molecule has 0 bridgehead atoms. The normalized spacial score (nSPS) is 45.3.